The Labute approximate surface area is 182 Å². The fourth-order valence-electron chi connectivity index (χ4n) is 2.78. The monoisotopic (exact) mass is 440 g/mol. The number of nitrogens with zero attached hydrogens (tertiary/aromatic N) is 1. The first kappa shape index (κ1) is 22.1. The van der Waals surface area contributed by atoms with E-state index in [0.29, 0.717) is 12.8 Å². The van der Waals surface area contributed by atoms with Crippen molar-refractivity contribution < 1.29 is 13.2 Å². The van der Waals surface area contributed by atoms with Gasteiger partial charge in [0.25, 0.3) is 0 Å². The van der Waals surface area contributed by atoms with Gasteiger partial charge in [-0.25, -0.2) is 12.7 Å². The van der Waals surface area contributed by atoms with Gasteiger partial charge in [-0.3, -0.25) is 4.79 Å². The molecule has 7 heteroatoms. The van der Waals surface area contributed by atoms with Crippen LogP contribution in [0.1, 0.15) is 12.0 Å². The quantitative estimate of drug-likeness (QED) is 0.553. The number of sulfonamides is 1. The predicted molar refractivity (Wildman–Crippen MR) is 121 cm³/mol. The first-order valence-corrected chi connectivity index (χ1v) is 11.7. The Morgan fingerprint density at radius 2 is 1.53 bits per heavy atom. The fourth-order valence-corrected chi connectivity index (χ4v) is 4.61. The molecule has 0 saturated carbocycles. The second-order valence-electron chi connectivity index (χ2n) is 6.89. The Hall–Kier alpha value is -2.61. The Balaban J connectivity index is 1.60. The number of nitrogens with one attached hydrogen (secondary N) is 1. The lowest BCUT2D eigenvalue weighted by molar-refractivity contribution is -0.116. The lowest BCUT2D eigenvalue weighted by Crippen LogP contribution is -2.22. The molecule has 0 bridgehead atoms. The molecule has 0 radical (unpaired) electrons. The van der Waals surface area contributed by atoms with E-state index in [-0.39, 0.29) is 10.8 Å². The average Bonchev–Trinajstić information content (AvgIpc) is 2.74. The first-order valence-electron chi connectivity index (χ1n) is 9.49. The molecule has 1 N–H and O–H groups in total. The Morgan fingerprint density at radius 1 is 0.900 bits per heavy atom. The zero-order valence-electron chi connectivity index (χ0n) is 16.9. The third kappa shape index (κ3) is 5.72. The van der Waals surface area contributed by atoms with Crippen molar-refractivity contribution in [2.75, 3.05) is 19.4 Å². The maximum atomic E-state index is 12.5. The fraction of sp³-hybridized carbons (Fsp3) is 0.174. The number of benzene rings is 3. The van der Waals surface area contributed by atoms with Crippen LogP contribution in [0.2, 0.25) is 0 Å². The van der Waals surface area contributed by atoms with Crippen LogP contribution >= 0.6 is 11.8 Å². The third-order valence-corrected chi connectivity index (χ3v) is 7.39. The minimum absolute atomic E-state index is 0.0823. The van der Waals surface area contributed by atoms with E-state index < -0.39 is 10.0 Å². The second-order valence-corrected chi connectivity index (χ2v) is 10.2. The maximum Gasteiger partial charge on any atom is 0.242 e. The van der Waals surface area contributed by atoms with E-state index in [1.807, 2.05) is 54.6 Å². The number of rotatable bonds is 8. The molecule has 5 nitrogen and oxygen atoms in total. The summed E-state index contributed by atoms with van der Waals surface area (Å²) in [5, 5.41) is 2.99. The predicted octanol–water partition coefficient (Wildman–Crippen LogP) is 4.66. The minimum Gasteiger partial charge on any atom is -0.325 e. The summed E-state index contributed by atoms with van der Waals surface area (Å²) in [7, 11) is -0.442. The van der Waals surface area contributed by atoms with Crippen LogP contribution in [0.4, 0.5) is 5.69 Å². The topological polar surface area (TPSA) is 66.5 Å². The van der Waals surface area contributed by atoms with E-state index in [9.17, 15) is 13.2 Å². The van der Waals surface area contributed by atoms with Crippen molar-refractivity contribution in [3.63, 3.8) is 0 Å². The van der Waals surface area contributed by atoms with Gasteiger partial charge >= 0.3 is 0 Å². The number of hydrogen-bond donors (Lipinski definition) is 1. The molecule has 0 aliphatic heterocycles. The summed E-state index contributed by atoms with van der Waals surface area (Å²) in [5.74, 6) is -0.0823. The van der Waals surface area contributed by atoms with E-state index in [1.54, 1.807) is 36.0 Å². The van der Waals surface area contributed by atoms with Gasteiger partial charge in [-0.2, -0.15) is 0 Å². The molecule has 0 saturated heterocycles. The van der Waals surface area contributed by atoms with Gasteiger partial charge in [0.2, 0.25) is 15.9 Å². The first-order chi connectivity index (χ1) is 14.4. The third-order valence-electron chi connectivity index (χ3n) is 4.47. The largest absolute Gasteiger partial charge is 0.325 e. The molecule has 0 fully saturated rings. The smallest absolute Gasteiger partial charge is 0.242 e. The van der Waals surface area contributed by atoms with Gasteiger partial charge < -0.3 is 5.32 Å². The molecule has 0 aliphatic carbocycles. The van der Waals surface area contributed by atoms with Crippen LogP contribution in [0.25, 0.3) is 0 Å². The lowest BCUT2D eigenvalue weighted by Gasteiger charge is -2.12. The van der Waals surface area contributed by atoms with E-state index in [4.69, 9.17) is 0 Å². The maximum absolute atomic E-state index is 12.5. The van der Waals surface area contributed by atoms with E-state index in [2.05, 4.69) is 5.32 Å². The highest BCUT2D eigenvalue weighted by atomic mass is 32.2. The molecule has 30 heavy (non-hydrogen) atoms. The number of amides is 1. The summed E-state index contributed by atoms with van der Waals surface area (Å²) >= 11 is 1.60. The Bertz CT molecular complexity index is 1100. The molecule has 0 unspecified atom stereocenters. The molecular formula is C23H24N2O3S2. The highest BCUT2D eigenvalue weighted by molar-refractivity contribution is 7.99. The molecule has 156 valence electrons. The standard InChI is InChI=1S/C23H24N2O3S2/c1-25(2)30(27,28)20-15-12-18(13-16-20)14-17-23(26)24-21-10-6-7-11-22(21)29-19-8-4-3-5-9-19/h3-13,15-16H,14,17H2,1-2H3,(H,24,26). The number of carbonyl (C=O) groups excluding carboxylic acids is 1. The highest BCUT2D eigenvalue weighted by Crippen LogP contribution is 2.33. The van der Waals surface area contributed by atoms with Crippen LogP contribution in [0.5, 0.6) is 0 Å². The van der Waals surface area contributed by atoms with Gasteiger partial charge in [0.05, 0.1) is 10.6 Å². The van der Waals surface area contributed by atoms with Crippen molar-refractivity contribution in [1.82, 2.24) is 4.31 Å². The summed E-state index contributed by atoms with van der Waals surface area (Å²) in [6.45, 7) is 0. The van der Waals surface area contributed by atoms with Crippen molar-refractivity contribution in [2.45, 2.75) is 27.5 Å². The molecule has 0 heterocycles. The number of aryl methyl sites for hydroxylation is 1. The Kier molecular flexibility index (Phi) is 7.31. The zero-order chi connectivity index (χ0) is 21.6. The molecule has 3 aromatic carbocycles. The zero-order valence-corrected chi connectivity index (χ0v) is 18.5. The van der Waals surface area contributed by atoms with Crippen molar-refractivity contribution >= 4 is 33.4 Å². The summed E-state index contributed by atoms with van der Waals surface area (Å²) in [6, 6.07) is 24.4. The van der Waals surface area contributed by atoms with Crippen LogP contribution in [0.15, 0.2) is 93.5 Å². The molecule has 0 aliphatic rings. The summed E-state index contributed by atoms with van der Waals surface area (Å²) in [6.07, 6.45) is 0.840. The molecule has 3 rings (SSSR count). The molecule has 0 spiro atoms. The summed E-state index contributed by atoms with van der Waals surface area (Å²) in [4.78, 5) is 14.8. The van der Waals surface area contributed by atoms with E-state index in [1.165, 1.54) is 18.4 Å². The minimum atomic E-state index is -3.44. The molecule has 1 amide bonds. The number of hydrogen-bond acceptors (Lipinski definition) is 4. The molecule has 0 aromatic heterocycles. The second kappa shape index (κ2) is 9.93. The number of anilines is 1. The lowest BCUT2D eigenvalue weighted by atomic mass is 10.1. The number of carbonyl (C=O) groups is 1. The van der Waals surface area contributed by atoms with Crippen LogP contribution in [-0.4, -0.2) is 32.7 Å². The average molecular weight is 441 g/mol. The van der Waals surface area contributed by atoms with Crippen molar-refractivity contribution in [3.05, 3.63) is 84.4 Å². The van der Waals surface area contributed by atoms with Gasteiger partial charge in [0.15, 0.2) is 0 Å². The van der Waals surface area contributed by atoms with Crippen LogP contribution in [0, 0.1) is 0 Å². The van der Waals surface area contributed by atoms with Gasteiger partial charge in [-0.15, -0.1) is 0 Å². The highest BCUT2D eigenvalue weighted by Gasteiger charge is 2.16. The molecular weight excluding hydrogens is 416 g/mol. The van der Waals surface area contributed by atoms with Gasteiger partial charge in [0.1, 0.15) is 0 Å². The molecule has 3 aromatic rings. The van der Waals surface area contributed by atoms with Crippen LogP contribution < -0.4 is 5.32 Å². The van der Waals surface area contributed by atoms with Gasteiger partial charge in [0, 0.05) is 30.3 Å². The van der Waals surface area contributed by atoms with Crippen molar-refractivity contribution in [1.29, 1.82) is 0 Å². The van der Waals surface area contributed by atoms with Crippen LogP contribution in [0.3, 0.4) is 0 Å². The SMILES string of the molecule is CN(C)S(=O)(=O)c1ccc(CCC(=O)Nc2ccccc2Sc2ccccc2)cc1. The van der Waals surface area contributed by atoms with E-state index >= 15 is 0 Å². The Morgan fingerprint density at radius 3 is 2.20 bits per heavy atom. The normalized spacial score (nSPS) is 11.4. The van der Waals surface area contributed by atoms with Crippen molar-refractivity contribution in [3.8, 4) is 0 Å². The number of para-hydroxylation sites is 1. The van der Waals surface area contributed by atoms with Crippen LogP contribution in [-0.2, 0) is 21.2 Å². The summed E-state index contributed by atoms with van der Waals surface area (Å²) in [5.41, 5.74) is 1.69. The van der Waals surface area contributed by atoms with Gasteiger partial charge in [-0.1, -0.05) is 54.2 Å². The van der Waals surface area contributed by atoms with E-state index in [0.717, 1.165) is 21.0 Å². The summed E-state index contributed by atoms with van der Waals surface area (Å²) < 4.78 is 25.5. The van der Waals surface area contributed by atoms with Gasteiger partial charge in [-0.05, 0) is 48.4 Å². The van der Waals surface area contributed by atoms with Crippen molar-refractivity contribution in [2.24, 2.45) is 0 Å². The molecule has 0 atom stereocenters.